The molecule has 1 aliphatic heterocycles. The summed E-state index contributed by atoms with van der Waals surface area (Å²) in [5.74, 6) is 0.691. The standard InChI is InChI=1S/C10H22N2.5CN.Fe/c1-9(2)5-8(7-11)6-10(3,4)12-9;5*1-2;/h8,12H,5-7,11H2,1-4H3;;;;;;. The molecule has 0 radical (unpaired) electrons. The van der Waals surface area contributed by atoms with E-state index in [1.54, 1.807) is 0 Å². The average molecular weight is 356 g/mol. The summed E-state index contributed by atoms with van der Waals surface area (Å²) in [6.07, 6.45) is 2.40. The van der Waals surface area contributed by atoms with Crippen LogP contribution in [0.5, 0.6) is 0 Å². The molecule has 1 rings (SSSR count). The first-order valence-electron chi connectivity index (χ1n) is 6.84. The zero-order chi connectivity index (χ0) is 18.4. The normalized spacial score (nSPS) is 20.4. The summed E-state index contributed by atoms with van der Waals surface area (Å²) >= 11 is -4.78. The van der Waals surface area contributed by atoms with Crippen LogP contribution in [0.2, 0.25) is 0 Å². The molecule has 125 valence electrons. The monoisotopic (exact) mass is 356 g/mol. The van der Waals surface area contributed by atoms with E-state index in [1.807, 2.05) is 0 Å². The summed E-state index contributed by atoms with van der Waals surface area (Å²) in [6, 6.07) is 0. The fraction of sp³-hybridized carbons (Fsp3) is 0.667. The summed E-state index contributed by atoms with van der Waals surface area (Å²) in [6.45, 7) is 9.87. The second-order valence-corrected chi connectivity index (χ2v) is 10.7. The third kappa shape index (κ3) is 4.94. The summed E-state index contributed by atoms with van der Waals surface area (Å²) in [5.41, 5.74) is 6.23. The molecule has 0 aromatic carbocycles. The number of rotatable bonds is 1. The van der Waals surface area contributed by atoms with Crippen molar-refractivity contribution in [3.8, 4) is 24.8 Å². The van der Waals surface area contributed by atoms with Crippen molar-refractivity contribution in [2.75, 3.05) is 6.54 Å². The van der Waals surface area contributed by atoms with Gasteiger partial charge < -0.3 is 11.1 Å². The Bertz CT molecular complexity index is 546. The van der Waals surface area contributed by atoms with E-state index in [2.05, 4.69) is 33.0 Å². The first-order chi connectivity index (χ1) is 10.5. The van der Waals surface area contributed by atoms with E-state index >= 15 is 0 Å². The first kappa shape index (κ1) is 20.9. The second-order valence-electron chi connectivity index (χ2n) is 6.68. The molecule has 8 heteroatoms. The molecule has 0 atom stereocenters. The van der Waals surface area contributed by atoms with Gasteiger partial charge in [0, 0.05) is 11.1 Å². The Balaban J connectivity index is 0.000000423. The van der Waals surface area contributed by atoms with Crippen molar-refractivity contribution < 1.29 is 11.8 Å². The third-order valence-corrected chi connectivity index (χ3v) is 5.87. The van der Waals surface area contributed by atoms with Gasteiger partial charge in [0.05, 0.1) is 0 Å². The van der Waals surface area contributed by atoms with Crippen molar-refractivity contribution in [1.82, 2.24) is 5.32 Å². The number of hydrogen-bond donors (Lipinski definition) is 2. The van der Waals surface area contributed by atoms with E-state index in [0.29, 0.717) is 5.92 Å². The Morgan fingerprint density at radius 2 is 1.17 bits per heavy atom. The fourth-order valence-electron chi connectivity index (χ4n) is 2.88. The van der Waals surface area contributed by atoms with Crippen molar-refractivity contribution in [3.63, 3.8) is 0 Å². The minimum atomic E-state index is -4.78. The summed E-state index contributed by atoms with van der Waals surface area (Å²) < 4.78 is 0. The van der Waals surface area contributed by atoms with E-state index in [1.165, 1.54) is 37.7 Å². The maximum atomic E-state index is 8.35. The molecule has 7 nitrogen and oxygen atoms in total. The van der Waals surface area contributed by atoms with Crippen LogP contribution in [0, 0.1) is 57.1 Å². The van der Waals surface area contributed by atoms with E-state index < -0.39 is 11.8 Å². The first-order valence-corrected chi connectivity index (χ1v) is 9.60. The van der Waals surface area contributed by atoms with Crippen LogP contribution in [-0.4, -0.2) is 17.6 Å². The maximum absolute atomic E-state index is 8.35. The molecule has 0 amide bonds. The van der Waals surface area contributed by atoms with Gasteiger partial charge in [-0.15, -0.1) is 0 Å². The summed E-state index contributed by atoms with van der Waals surface area (Å²) in [5, 5.41) is 45.4. The number of nitrogens with one attached hydrogen (secondary N) is 1. The zero-order valence-electron chi connectivity index (χ0n) is 13.9. The van der Waals surface area contributed by atoms with Gasteiger partial charge in [0.15, 0.2) is 0 Å². The van der Waals surface area contributed by atoms with Crippen molar-refractivity contribution in [2.45, 2.75) is 51.6 Å². The van der Waals surface area contributed by atoms with Gasteiger partial charge in [-0.05, 0) is 53.0 Å². The molecular weight excluding hydrogens is 334 g/mol. The van der Waals surface area contributed by atoms with Crippen LogP contribution in [0.15, 0.2) is 0 Å². The number of nitrogens with two attached hydrogens (primary N) is 1. The molecule has 23 heavy (non-hydrogen) atoms. The SMILES string of the molecule is CC1(C)CC(CN)CC(C)(C)N1.N#[C][Fe]([C]#N)([C]#N)([C]#N)[C]#N. The van der Waals surface area contributed by atoms with Gasteiger partial charge in [-0.1, -0.05) is 0 Å². The molecule has 0 aromatic rings. The number of hydrogen-bond acceptors (Lipinski definition) is 7. The minimum absolute atomic E-state index is 0.256. The predicted octanol–water partition coefficient (Wildman–Crippen LogP) is 1.58. The topological polar surface area (TPSA) is 157 Å². The van der Waals surface area contributed by atoms with Crippen LogP contribution in [-0.2, 0) is 11.8 Å². The van der Waals surface area contributed by atoms with E-state index in [9.17, 15) is 0 Å². The average Bonchev–Trinajstić information content (AvgIpc) is 2.49. The molecule has 1 fully saturated rings. The Labute approximate surface area is 138 Å². The molecular formula is C15H22FeN7. The van der Waals surface area contributed by atoms with Crippen molar-refractivity contribution in [2.24, 2.45) is 11.7 Å². The fourth-order valence-corrected chi connectivity index (χ4v) is 3.43. The van der Waals surface area contributed by atoms with Crippen LogP contribution in [0.25, 0.3) is 0 Å². The molecule has 1 aliphatic rings. The Kier molecular flexibility index (Phi) is 6.34. The molecule has 0 aliphatic carbocycles. The van der Waals surface area contributed by atoms with Gasteiger partial charge in [0.25, 0.3) is 0 Å². The Morgan fingerprint density at radius 1 is 0.870 bits per heavy atom. The quantitative estimate of drug-likeness (QED) is 0.675. The molecule has 0 unspecified atom stereocenters. The van der Waals surface area contributed by atoms with Gasteiger partial charge in [-0.2, -0.15) is 0 Å². The summed E-state index contributed by atoms with van der Waals surface area (Å²) in [7, 11) is 0. The molecule has 3 N–H and O–H groups in total. The van der Waals surface area contributed by atoms with E-state index in [0.717, 1.165) is 6.54 Å². The van der Waals surface area contributed by atoms with Gasteiger partial charge in [-0.25, -0.2) is 0 Å². The number of nitriles is 5. The van der Waals surface area contributed by atoms with Crippen molar-refractivity contribution in [1.29, 1.82) is 26.3 Å². The molecule has 0 aromatic heterocycles. The molecule has 0 bridgehead atoms. The third-order valence-electron chi connectivity index (χ3n) is 3.40. The molecule has 0 saturated carbocycles. The Morgan fingerprint density at radius 3 is 1.35 bits per heavy atom. The zero-order valence-corrected chi connectivity index (χ0v) is 15.0. The predicted molar refractivity (Wildman–Crippen MR) is 81.1 cm³/mol. The van der Waals surface area contributed by atoms with Crippen LogP contribution in [0.1, 0.15) is 40.5 Å². The summed E-state index contributed by atoms with van der Waals surface area (Å²) in [4.78, 5) is 6.12. The van der Waals surface area contributed by atoms with Gasteiger partial charge in [0.2, 0.25) is 0 Å². The van der Waals surface area contributed by atoms with Crippen LogP contribution < -0.4 is 11.1 Å². The Hall–Kier alpha value is -2.11. The number of piperidine rings is 1. The van der Waals surface area contributed by atoms with Gasteiger partial charge in [0.1, 0.15) is 0 Å². The van der Waals surface area contributed by atoms with Crippen LogP contribution >= 0.6 is 0 Å². The van der Waals surface area contributed by atoms with Crippen LogP contribution in [0.3, 0.4) is 0 Å². The number of nitrogens with zero attached hydrogens (tertiary/aromatic N) is 5. The molecule has 1 heterocycles. The van der Waals surface area contributed by atoms with Crippen molar-refractivity contribution >= 4 is 0 Å². The van der Waals surface area contributed by atoms with Gasteiger partial charge in [-0.3, -0.25) is 0 Å². The van der Waals surface area contributed by atoms with E-state index in [4.69, 9.17) is 32.0 Å². The molecule has 1 saturated heterocycles. The second kappa shape index (κ2) is 6.98. The molecule has 0 spiro atoms. The van der Waals surface area contributed by atoms with Crippen LogP contribution in [0.4, 0.5) is 0 Å². The van der Waals surface area contributed by atoms with Crippen molar-refractivity contribution in [3.05, 3.63) is 0 Å². The van der Waals surface area contributed by atoms with Gasteiger partial charge >= 0.3 is 62.9 Å². The van der Waals surface area contributed by atoms with E-state index in [-0.39, 0.29) is 11.1 Å².